The molecule has 0 radical (unpaired) electrons. The largest absolute Gasteiger partial charge is 0.477 e. The van der Waals surface area contributed by atoms with E-state index in [4.69, 9.17) is 4.74 Å². The van der Waals surface area contributed by atoms with Gasteiger partial charge < -0.3 is 15.4 Å². The number of hydrogen-bond donors (Lipinski definition) is 2. The van der Waals surface area contributed by atoms with Gasteiger partial charge in [0.25, 0.3) is 0 Å². The Hall–Kier alpha value is -2.15. The third-order valence-corrected chi connectivity index (χ3v) is 4.03. The van der Waals surface area contributed by atoms with Gasteiger partial charge in [-0.15, -0.1) is 11.3 Å². The summed E-state index contributed by atoms with van der Waals surface area (Å²) >= 11 is 1.69. The lowest BCUT2D eigenvalue weighted by atomic mass is 10.3. The molecule has 0 unspecified atom stereocenters. The Morgan fingerprint density at radius 3 is 2.88 bits per heavy atom. The minimum Gasteiger partial charge on any atom is -0.477 e. The van der Waals surface area contributed by atoms with Gasteiger partial charge in [-0.05, 0) is 26.3 Å². The van der Waals surface area contributed by atoms with Gasteiger partial charge in [0.05, 0.1) is 19.7 Å². The van der Waals surface area contributed by atoms with E-state index in [1.807, 2.05) is 25.3 Å². The van der Waals surface area contributed by atoms with Gasteiger partial charge in [-0.2, -0.15) is 0 Å². The molecule has 24 heavy (non-hydrogen) atoms. The molecule has 0 fully saturated rings. The molecule has 2 N–H and O–H groups in total. The van der Waals surface area contributed by atoms with E-state index in [0.717, 1.165) is 29.5 Å². The summed E-state index contributed by atoms with van der Waals surface area (Å²) in [5, 5.41) is 7.60. The zero-order valence-electron chi connectivity index (χ0n) is 14.5. The number of rotatable bonds is 8. The molecular formula is C17H25N5OS. The second-order valence-electron chi connectivity index (χ2n) is 5.23. The van der Waals surface area contributed by atoms with Crippen molar-refractivity contribution in [3.05, 3.63) is 40.0 Å². The normalized spacial score (nSPS) is 11.4. The number of thiazole rings is 1. The standard InChI is InChI=1S/C17H25N5OS/c1-4-9-23-16-14(7-6-8-19-16)11-21-17(18-5-2)22-12-15-20-10-13(3)24-15/h6-8,10H,4-5,9,11-12H2,1-3H3,(H2,18,21,22). The molecule has 2 aromatic rings. The van der Waals surface area contributed by atoms with Crippen LogP contribution in [-0.2, 0) is 13.1 Å². The van der Waals surface area contributed by atoms with Gasteiger partial charge in [-0.25, -0.2) is 15.0 Å². The number of aliphatic imine (C=N–C) groups is 1. The summed E-state index contributed by atoms with van der Waals surface area (Å²) < 4.78 is 5.68. The van der Waals surface area contributed by atoms with E-state index >= 15 is 0 Å². The highest BCUT2D eigenvalue weighted by atomic mass is 32.1. The zero-order valence-corrected chi connectivity index (χ0v) is 15.3. The van der Waals surface area contributed by atoms with Crippen LogP contribution in [0.3, 0.4) is 0 Å². The summed E-state index contributed by atoms with van der Waals surface area (Å²) in [6.07, 6.45) is 4.59. The molecule has 0 bridgehead atoms. The van der Waals surface area contributed by atoms with Gasteiger partial charge in [0.15, 0.2) is 5.96 Å². The van der Waals surface area contributed by atoms with E-state index in [9.17, 15) is 0 Å². The van der Waals surface area contributed by atoms with Crippen molar-refractivity contribution in [1.82, 2.24) is 20.6 Å². The highest BCUT2D eigenvalue weighted by molar-refractivity contribution is 7.11. The summed E-state index contributed by atoms with van der Waals surface area (Å²) in [7, 11) is 0. The Kier molecular flexibility index (Phi) is 7.48. The average Bonchev–Trinajstić information content (AvgIpc) is 3.01. The Morgan fingerprint density at radius 1 is 1.29 bits per heavy atom. The second kappa shape index (κ2) is 9.87. The summed E-state index contributed by atoms with van der Waals surface area (Å²) in [6.45, 7) is 8.82. The fraction of sp³-hybridized carbons (Fsp3) is 0.471. The van der Waals surface area contributed by atoms with Crippen molar-refractivity contribution >= 4 is 17.3 Å². The maximum absolute atomic E-state index is 5.68. The third-order valence-electron chi connectivity index (χ3n) is 3.12. The van der Waals surface area contributed by atoms with Crippen molar-refractivity contribution < 1.29 is 4.74 Å². The number of pyridine rings is 1. The molecule has 0 amide bonds. The zero-order chi connectivity index (χ0) is 17.2. The van der Waals surface area contributed by atoms with Crippen LogP contribution in [0.4, 0.5) is 0 Å². The molecule has 0 saturated carbocycles. The van der Waals surface area contributed by atoms with Crippen LogP contribution >= 0.6 is 11.3 Å². The maximum Gasteiger partial charge on any atom is 0.218 e. The van der Waals surface area contributed by atoms with Crippen LogP contribution in [-0.4, -0.2) is 29.1 Å². The first-order valence-electron chi connectivity index (χ1n) is 8.23. The molecular weight excluding hydrogens is 322 g/mol. The van der Waals surface area contributed by atoms with Gasteiger partial charge in [0.2, 0.25) is 5.88 Å². The average molecular weight is 347 g/mol. The number of aromatic nitrogens is 2. The molecule has 6 nitrogen and oxygen atoms in total. The van der Waals surface area contributed by atoms with Gasteiger partial charge in [-0.1, -0.05) is 13.0 Å². The monoisotopic (exact) mass is 347 g/mol. The van der Waals surface area contributed by atoms with Gasteiger partial charge >= 0.3 is 0 Å². The predicted molar refractivity (Wildman–Crippen MR) is 98.5 cm³/mol. The van der Waals surface area contributed by atoms with Crippen LogP contribution < -0.4 is 15.4 Å². The van der Waals surface area contributed by atoms with E-state index in [1.54, 1.807) is 17.5 Å². The Balaban J connectivity index is 1.99. The SMILES string of the molecule is CCCOc1ncccc1CN=C(NCC)NCc1ncc(C)s1. The van der Waals surface area contributed by atoms with Gasteiger partial charge in [0, 0.05) is 29.4 Å². The number of nitrogens with zero attached hydrogens (tertiary/aromatic N) is 3. The highest BCUT2D eigenvalue weighted by Crippen LogP contribution is 2.15. The number of guanidine groups is 1. The van der Waals surface area contributed by atoms with Crippen LogP contribution in [0.25, 0.3) is 0 Å². The highest BCUT2D eigenvalue weighted by Gasteiger charge is 2.05. The van der Waals surface area contributed by atoms with Crippen LogP contribution in [0.2, 0.25) is 0 Å². The smallest absolute Gasteiger partial charge is 0.218 e. The van der Waals surface area contributed by atoms with Crippen molar-refractivity contribution in [2.75, 3.05) is 13.2 Å². The summed E-state index contributed by atoms with van der Waals surface area (Å²) in [4.78, 5) is 14.5. The minimum atomic E-state index is 0.513. The van der Waals surface area contributed by atoms with Crippen LogP contribution in [0.1, 0.15) is 35.7 Å². The Bertz CT molecular complexity index is 656. The summed E-state index contributed by atoms with van der Waals surface area (Å²) in [5.74, 6) is 1.42. The lowest BCUT2D eigenvalue weighted by Gasteiger charge is -2.11. The van der Waals surface area contributed by atoms with E-state index in [-0.39, 0.29) is 0 Å². The molecule has 7 heteroatoms. The lowest BCUT2D eigenvalue weighted by Crippen LogP contribution is -2.36. The minimum absolute atomic E-state index is 0.513. The van der Waals surface area contributed by atoms with Gasteiger partial charge in [-0.3, -0.25) is 0 Å². The van der Waals surface area contributed by atoms with Crippen LogP contribution in [0.15, 0.2) is 29.5 Å². The molecule has 2 rings (SSSR count). The Labute approximate surface area is 147 Å². The third kappa shape index (κ3) is 5.81. The molecule has 0 aliphatic carbocycles. The molecule has 0 aliphatic rings. The van der Waals surface area contributed by atoms with Crippen molar-refractivity contribution in [2.24, 2.45) is 4.99 Å². The van der Waals surface area contributed by atoms with Crippen molar-refractivity contribution in [2.45, 2.75) is 40.3 Å². The van der Waals surface area contributed by atoms with Crippen LogP contribution in [0.5, 0.6) is 5.88 Å². The van der Waals surface area contributed by atoms with Crippen molar-refractivity contribution in [1.29, 1.82) is 0 Å². The molecule has 0 atom stereocenters. The fourth-order valence-corrected chi connectivity index (χ4v) is 2.75. The molecule has 2 heterocycles. The van der Waals surface area contributed by atoms with Crippen molar-refractivity contribution in [3.8, 4) is 5.88 Å². The molecule has 0 aromatic carbocycles. The van der Waals surface area contributed by atoms with E-state index < -0.39 is 0 Å². The molecule has 0 saturated heterocycles. The first-order valence-corrected chi connectivity index (χ1v) is 9.04. The number of hydrogen-bond acceptors (Lipinski definition) is 5. The molecule has 2 aromatic heterocycles. The summed E-state index contributed by atoms with van der Waals surface area (Å²) in [5.41, 5.74) is 0.980. The van der Waals surface area contributed by atoms with Gasteiger partial charge in [0.1, 0.15) is 5.01 Å². The molecule has 130 valence electrons. The number of aryl methyl sites for hydroxylation is 1. The number of nitrogens with one attached hydrogen (secondary N) is 2. The maximum atomic E-state index is 5.68. The molecule has 0 aliphatic heterocycles. The topological polar surface area (TPSA) is 71.4 Å². The quantitative estimate of drug-likeness (QED) is 0.567. The first kappa shape index (κ1) is 18.2. The predicted octanol–water partition coefficient (Wildman–Crippen LogP) is 2.89. The summed E-state index contributed by atoms with van der Waals surface area (Å²) in [6, 6.07) is 3.90. The fourth-order valence-electron chi connectivity index (χ4n) is 2.02. The Morgan fingerprint density at radius 2 is 2.17 bits per heavy atom. The number of ether oxygens (including phenoxy) is 1. The second-order valence-corrected chi connectivity index (χ2v) is 6.55. The lowest BCUT2D eigenvalue weighted by molar-refractivity contribution is 0.302. The van der Waals surface area contributed by atoms with E-state index in [1.165, 1.54) is 4.88 Å². The van der Waals surface area contributed by atoms with E-state index in [0.29, 0.717) is 25.6 Å². The van der Waals surface area contributed by atoms with Crippen LogP contribution in [0, 0.1) is 6.92 Å². The van der Waals surface area contributed by atoms with Crippen molar-refractivity contribution in [3.63, 3.8) is 0 Å². The van der Waals surface area contributed by atoms with E-state index in [2.05, 4.69) is 39.4 Å². The molecule has 0 spiro atoms. The first-order chi connectivity index (χ1) is 11.7.